The maximum atomic E-state index is 9.72. The zero-order chi connectivity index (χ0) is 11.6. The molecule has 1 aromatic carbocycles. The molecule has 0 saturated carbocycles. The van der Waals surface area contributed by atoms with E-state index in [9.17, 15) is 5.11 Å². The van der Waals surface area contributed by atoms with Gasteiger partial charge in [0.25, 0.3) is 0 Å². The number of phenols is 1. The lowest BCUT2D eigenvalue weighted by Crippen LogP contribution is -2.09. The van der Waals surface area contributed by atoms with Crippen LogP contribution in [-0.2, 0) is 6.42 Å². The first kappa shape index (κ1) is 11.9. The molecule has 2 nitrogen and oxygen atoms in total. The van der Waals surface area contributed by atoms with E-state index in [1.54, 1.807) is 6.07 Å². The summed E-state index contributed by atoms with van der Waals surface area (Å²) in [5, 5.41) is 9.72. The van der Waals surface area contributed by atoms with Crippen molar-refractivity contribution in [2.24, 2.45) is 0 Å². The van der Waals surface area contributed by atoms with Gasteiger partial charge in [0.15, 0.2) is 0 Å². The highest BCUT2D eigenvalue weighted by molar-refractivity contribution is 5.52. The van der Waals surface area contributed by atoms with E-state index in [0.717, 1.165) is 28.9 Å². The Labute approximate surface area is 91.9 Å². The third kappa shape index (κ3) is 2.44. The average molecular weight is 208 g/mol. The van der Waals surface area contributed by atoms with E-state index in [2.05, 4.69) is 6.92 Å². The van der Waals surface area contributed by atoms with E-state index < -0.39 is 0 Å². The first-order valence-corrected chi connectivity index (χ1v) is 5.46. The fourth-order valence-electron chi connectivity index (χ4n) is 1.77. The van der Waals surface area contributed by atoms with E-state index in [4.69, 9.17) is 4.74 Å². The summed E-state index contributed by atoms with van der Waals surface area (Å²) >= 11 is 0. The second-order valence-corrected chi connectivity index (χ2v) is 4.17. The Balaban J connectivity index is 3.29. The van der Waals surface area contributed by atoms with Gasteiger partial charge in [0.05, 0.1) is 6.10 Å². The summed E-state index contributed by atoms with van der Waals surface area (Å²) in [6.45, 7) is 10.0. The Morgan fingerprint density at radius 2 is 1.93 bits per heavy atom. The Kier molecular flexibility index (Phi) is 3.61. The van der Waals surface area contributed by atoms with Crippen LogP contribution in [0.2, 0.25) is 0 Å². The molecule has 15 heavy (non-hydrogen) atoms. The van der Waals surface area contributed by atoms with Crippen molar-refractivity contribution in [1.82, 2.24) is 0 Å². The largest absolute Gasteiger partial charge is 0.508 e. The number of rotatable bonds is 3. The zero-order valence-corrected chi connectivity index (χ0v) is 10.2. The van der Waals surface area contributed by atoms with Crippen molar-refractivity contribution in [3.05, 3.63) is 22.8 Å². The van der Waals surface area contributed by atoms with E-state index in [0.29, 0.717) is 5.75 Å². The summed E-state index contributed by atoms with van der Waals surface area (Å²) in [4.78, 5) is 0. The quantitative estimate of drug-likeness (QED) is 0.825. The molecule has 0 fully saturated rings. The average Bonchev–Trinajstić information content (AvgIpc) is 2.14. The molecule has 1 aromatic rings. The van der Waals surface area contributed by atoms with Gasteiger partial charge in [0.2, 0.25) is 0 Å². The molecule has 2 heteroatoms. The first-order valence-electron chi connectivity index (χ1n) is 5.46. The molecule has 0 aliphatic carbocycles. The summed E-state index contributed by atoms with van der Waals surface area (Å²) in [6.07, 6.45) is 1.04. The number of aryl methyl sites for hydroxylation is 1. The van der Waals surface area contributed by atoms with Gasteiger partial charge in [0, 0.05) is 5.56 Å². The highest BCUT2D eigenvalue weighted by atomic mass is 16.5. The smallest absolute Gasteiger partial charge is 0.126 e. The van der Waals surface area contributed by atoms with Crippen LogP contribution in [0.15, 0.2) is 6.07 Å². The minimum Gasteiger partial charge on any atom is -0.508 e. The highest BCUT2D eigenvalue weighted by Crippen LogP contribution is 2.33. The van der Waals surface area contributed by atoms with Crippen molar-refractivity contribution in [2.45, 2.75) is 47.1 Å². The second kappa shape index (κ2) is 4.56. The Morgan fingerprint density at radius 3 is 2.40 bits per heavy atom. The molecule has 0 aliphatic rings. The molecule has 0 saturated heterocycles. The molecule has 0 radical (unpaired) electrons. The minimum atomic E-state index is 0.165. The van der Waals surface area contributed by atoms with Gasteiger partial charge >= 0.3 is 0 Å². The number of benzene rings is 1. The van der Waals surface area contributed by atoms with Gasteiger partial charge in [-0.2, -0.15) is 0 Å². The SMILES string of the molecule is CCc1c(C)c(O)cc(C)c1OC(C)C. The molecule has 0 spiro atoms. The fraction of sp³-hybridized carbons (Fsp3) is 0.538. The van der Waals surface area contributed by atoms with Crippen molar-refractivity contribution in [3.8, 4) is 11.5 Å². The highest BCUT2D eigenvalue weighted by Gasteiger charge is 2.13. The van der Waals surface area contributed by atoms with Gasteiger partial charge in [-0.15, -0.1) is 0 Å². The predicted octanol–water partition coefficient (Wildman–Crippen LogP) is 3.36. The summed E-state index contributed by atoms with van der Waals surface area (Å²) < 4.78 is 5.79. The van der Waals surface area contributed by atoms with Crippen LogP contribution < -0.4 is 4.74 Å². The van der Waals surface area contributed by atoms with Crippen molar-refractivity contribution < 1.29 is 9.84 Å². The van der Waals surface area contributed by atoms with E-state index in [-0.39, 0.29) is 6.10 Å². The van der Waals surface area contributed by atoms with Gasteiger partial charge in [-0.1, -0.05) is 6.92 Å². The maximum Gasteiger partial charge on any atom is 0.126 e. The lowest BCUT2D eigenvalue weighted by atomic mass is 10.0. The zero-order valence-electron chi connectivity index (χ0n) is 10.2. The van der Waals surface area contributed by atoms with Crippen molar-refractivity contribution in [3.63, 3.8) is 0 Å². The van der Waals surface area contributed by atoms with Gasteiger partial charge in [-0.05, 0) is 51.3 Å². The first-order chi connectivity index (χ1) is 6.97. The molecule has 0 atom stereocenters. The van der Waals surface area contributed by atoms with Crippen LogP contribution in [0.1, 0.15) is 37.5 Å². The number of ether oxygens (including phenoxy) is 1. The minimum absolute atomic E-state index is 0.165. The number of hydrogen-bond donors (Lipinski definition) is 1. The number of phenolic OH excluding ortho intramolecular Hbond substituents is 1. The van der Waals surface area contributed by atoms with Gasteiger partial charge in [0.1, 0.15) is 11.5 Å². The molecule has 0 bridgehead atoms. The van der Waals surface area contributed by atoms with E-state index in [1.165, 1.54) is 0 Å². The summed E-state index contributed by atoms with van der Waals surface area (Å²) in [6, 6.07) is 1.77. The number of hydrogen-bond acceptors (Lipinski definition) is 2. The van der Waals surface area contributed by atoms with Crippen molar-refractivity contribution in [1.29, 1.82) is 0 Å². The molecular weight excluding hydrogens is 188 g/mol. The van der Waals surface area contributed by atoms with Crippen molar-refractivity contribution >= 4 is 0 Å². The summed E-state index contributed by atoms with van der Waals surface area (Å²) in [7, 11) is 0. The van der Waals surface area contributed by atoms with Crippen LogP contribution in [0.5, 0.6) is 11.5 Å². The molecule has 0 aromatic heterocycles. The fourth-order valence-corrected chi connectivity index (χ4v) is 1.77. The van der Waals surface area contributed by atoms with Gasteiger partial charge < -0.3 is 9.84 Å². The summed E-state index contributed by atoms with van der Waals surface area (Å²) in [5.41, 5.74) is 3.05. The molecule has 84 valence electrons. The monoisotopic (exact) mass is 208 g/mol. The Bertz CT molecular complexity index is 354. The Morgan fingerprint density at radius 1 is 1.33 bits per heavy atom. The molecule has 0 heterocycles. The molecular formula is C13H20O2. The molecule has 0 amide bonds. The van der Waals surface area contributed by atoms with Crippen LogP contribution in [0, 0.1) is 13.8 Å². The van der Waals surface area contributed by atoms with E-state index >= 15 is 0 Å². The lowest BCUT2D eigenvalue weighted by molar-refractivity contribution is 0.238. The van der Waals surface area contributed by atoms with Crippen LogP contribution >= 0.6 is 0 Å². The predicted molar refractivity (Wildman–Crippen MR) is 62.7 cm³/mol. The lowest BCUT2D eigenvalue weighted by Gasteiger charge is -2.18. The molecule has 1 rings (SSSR count). The van der Waals surface area contributed by atoms with Crippen LogP contribution in [-0.4, -0.2) is 11.2 Å². The van der Waals surface area contributed by atoms with Gasteiger partial charge in [-0.3, -0.25) is 0 Å². The normalized spacial score (nSPS) is 10.8. The van der Waals surface area contributed by atoms with Gasteiger partial charge in [-0.25, -0.2) is 0 Å². The van der Waals surface area contributed by atoms with Crippen LogP contribution in [0.25, 0.3) is 0 Å². The van der Waals surface area contributed by atoms with Crippen molar-refractivity contribution in [2.75, 3.05) is 0 Å². The number of aromatic hydroxyl groups is 1. The van der Waals surface area contributed by atoms with Crippen LogP contribution in [0.3, 0.4) is 0 Å². The third-order valence-electron chi connectivity index (χ3n) is 2.53. The summed E-state index contributed by atoms with van der Waals surface area (Å²) in [5.74, 6) is 1.29. The Hall–Kier alpha value is -1.18. The molecule has 0 aliphatic heterocycles. The van der Waals surface area contributed by atoms with Crippen LogP contribution in [0.4, 0.5) is 0 Å². The maximum absolute atomic E-state index is 9.72. The molecule has 0 unspecified atom stereocenters. The van der Waals surface area contributed by atoms with E-state index in [1.807, 2.05) is 27.7 Å². The topological polar surface area (TPSA) is 29.5 Å². The standard InChI is InChI=1S/C13H20O2/c1-6-11-10(5)12(14)7-9(4)13(11)15-8(2)3/h7-8,14H,6H2,1-5H3. The molecule has 1 N–H and O–H groups in total. The second-order valence-electron chi connectivity index (χ2n) is 4.17. The third-order valence-corrected chi connectivity index (χ3v) is 2.53.